The zero-order valence-electron chi connectivity index (χ0n) is 15.0. The fourth-order valence-electron chi connectivity index (χ4n) is 3.51. The summed E-state index contributed by atoms with van der Waals surface area (Å²) in [4.78, 5) is 18.9. The van der Waals surface area contributed by atoms with E-state index in [0.29, 0.717) is 56.3 Å². The fourth-order valence-corrected chi connectivity index (χ4v) is 3.71. The van der Waals surface area contributed by atoms with Crippen molar-refractivity contribution in [2.24, 2.45) is 0 Å². The molecular formula is C20H22ClN3O3. The van der Waals surface area contributed by atoms with E-state index >= 15 is 0 Å². The summed E-state index contributed by atoms with van der Waals surface area (Å²) in [6.07, 6.45) is 4.72. The lowest BCUT2D eigenvalue weighted by molar-refractivity contribution is -0.181. The number of pyridine rings is 1. The minimum atomic E-state index is -0.479. The number of halogens is 1. The van der Waals surface area contributed by atoms with E-state index in [-0.39, 0.29) is 5.91 Å². The number of hydrogen-bond donors (Lipinski definition) is 1. The molecule has 2 aliphatic rings. The van der Waals surface area contributed by atoms with Crippen molar-refractivity contribution in [2.75, 3.05) is 31.6 Å². The Morgan fingerprint density at radius 1 is 1.19 bits per heavy atom. The lowest BCUT2D eigenvalue weighted by atomic mass is 10.0. The number of aromatic nitrogens is 1. The van der Waals surface area contributed by atoms with Crippen LogP contribution < -0.4 is 5.32 Å². The number of hydrogen-bond acceptors (Lipinski definition) is 5. The fraction of sp³-hybridized carbons (Fsp3) is 0.400. The summed E-state index contributed by atoms with van der Waals surface area (Å²) in [6, 6.07) is 9.50. The van der Waals surface area contributed by atoms with Crippen LogP contribution >= 0.6 is 11.6 Å². The maximum absolute atomic E-state index is 12.8. The molecule has 0 aliphatic carbocycles. The molecule has 2 saturated heterocycles. The van der Waals surface area contributed by atoms with Gasteiger partial charge in [-0.05, 0) is 17.7 Å². The molecule has 0 atom stereocenters. The number of anilines is 1. The molecule has 2 fully saturated rings. The average molecular weight is 388 g/mol. The smallest absolute Gasteiger partial charge is 0.255 e. The van der Waals surface area contributed by atoms with Gasteiger partial charge in [0, 0.05) is 49.9 Å². The van der Waals surface area contributed by atoms with Gasteiger partial charge in [-0.3, -0.25) is 9.78 Å². The number of likely N-dealkylation sites (tertiary alicyclic amines) is 1. The van der Waals surface area contributed by atoms with Gasteiger partial charge in [0.2, 0.25) is 0 Å². The molecule has 7 heteroatoms. The van der Waals surface area contributed by atoms with E-state index < -0.39 is 5.79 Å². The second-order valence-electron chi connectivity index (χ2n) is 6.81. The second-order valence-corrected chi connectivity index (χ2v) is 7.21. The summed E-state index contributed by atoms with van der Waals surface area (Å²) in [5, 5.41) is 3.99. The number of benzene rings is 1. The first kappa shape index (κ1) is 18.2. The maximum Gasteiger partial charge on any atom is 0.255 e. The first-order valence-corrected chi connectivity index (χ1v) is 9.53. The summed E-state index contributed by atoms with van der Waals surface area (Å²) in [5.74, 6) is -0.496. The van der Waals surface area contributed by atoms with Crippen molar-refractivity contribution in [1.29, 1.82) is 0 Å². The molecule has 1 amide bonds. The molecule has 2 aliphatic heterocycles. The predicted molar refractivity (Wildman–Crippen MR) is 103 cm³/mol. The maximum atomic E-state index is 12.8. The van der Waals surface area contributed by atoms with Gasteiger partial charge >= 0.3 is 0 Å². The first-order chi connectivity index (χ1) is 13.2. The van der Waals surface area contributed by atoms with Gasteiger partial charge in [0.1, 0.15) is 0 Å². The number of carbonyl (C=O) groups excluding carboxylic acids is 1. The highest BCUT2D eigenvalue weighted by Crippen LogP contribution is 2.31. The van der Waals surface area contributed by atoms with Crippen molar-refractivity contribution in [2.45, 2.75) is 25.2 Å². The van der Waals surface area contributed by atoms with E-state index in [0.717, 1.165) is 11.3 Å². The number of ether oxygens (including phenoxy) is 2. The number of amides is 1. The van der Waals surface area contributed by atoms with E-state index in [1.807, 2.05) is 35.2 Å². The van der Waals surface area contributed by atoms with Gasteiger partial charge in [0.15, 0.2) is 5.79 Å². The summed E-state index contributed by atoms with van der Waals surface area (Å²) < 4.78 is 11.4. The highest BCUT2D eigenvalue weighted by molar-refractivity contribution is 6.31. The van der Waals surface area contributed by atoms with Gasteiger partial charge < -0.3 is 19.7 Å². The standard InChI is InChI=1S/C20H22ClN3O3/c21-18-4-2-1-3-15(18)13-23-17-11-16(12-22-14-17)19(25)24-7-5-20(6-8-24)26-9-10-27-20/h1-4,11-12,14,23H,5-10,13H2. The molecule has 6 nitrogen and oxygen atoms in total. The number of nitrogens with one attached hydrogen (secondary N) is 1. The minimum absolute atomic E-state index is 0.0169. The van der Waals surface area contributed by atoms with Crippen molar-refractivity contribution in [3.8, 4) is 0 Å². The Labute approximate surface area is 163 Å². The highest BCUT2D eigenvalue weighted by Gasteiger charge is 2.40. The topological polar surface area (TPSA) is 63.7 Å². The van der Waals surface area contributed by atoms with Crippen molar-refractivity contribution in [1.82, 2.24) is 9.88 Å². The molecular weight excluding hydrogens is 366 g/mol. The molecule has 1 spiro atoms. The zero-order chi connectivity index (χ0) is 18.7. The molecule has 2 aromatic rings. The molecule has 1 aromatic carbocycles. The van der Waals surface area contributed by atoms with Gasteiger partial charge in [-0.25, -0.2) is 0 Å². The summed E-state index contributed by atoms with van der Waals surface area (Å²) >= 11 is 6.19. The summed E-state index contributed by atoms with van der Waals surface area (Å²) in [6.45, 7) is 3.08. The molecule has 0 unspecified atom stereocenters. The lowest BCUT2D eigenvalue weighted by Crippen LogP contribution is -2.47. The van der Waals surface area contributed by atoms with Gasteiger partial charge in [-0.2, -0.15) is 0 Å². The lowest BCUT2D eigenvalue weighted by Gasteiger charge is -2.37. The molecule has 4 rings (SSSR count). The van der Waals surface area contributed by atoms with Crippen LogP contribution in [-0.2, 0) is 16.0 Å². The Morgan fingerprint density at radius 3 is 2.67 bits per heavy atom. The third kappa shape index (κ3) is 4.08. The van der Waals surface area contributed by atoms with E-state index in [4.69, 9.17) is 21.1 Å². The average Bonchev–Trinajstić information content (AvgIpc) is 3.16. The SMILES string of the molecule is O=C(c1cncc(NCc2ccccc2Cl)c1)N1CCC2(CC1)OCCO2. The van der Waals surface area contributed by atoms with Crippen LogP contribution in [0, 0.1) is 0 Å². The van der Waals surface area contributed by atoms with Gasteiger partial charge in [0.25, 0.3) is 5.91 Å². The summed E-state index contributed by atoms with van der Waals surface area (Å²) in [7, 11) is 0. The predicted octanol–water partition coefficient (Wildman–Crippen LogP) is 3.33. The minimum Gasteiger partial charge on any atom is -0.380 e. The Balaban J connectivity index is 1.38. The molecule has 27 heavy (non-hydrogen) atoms. The number of nitrogens with zero attached hydrogens (tertiary/aromatic N) is 2. The van der Waals surface area contributed by atoms with Crippen molar-refractivity contribution in [3.05, 3.63) is 58.9 Å². The van der Waals surface area contributed by atoms with E-state index in [9.17, 15) is 4.79 Å². The van der Waals surface area contributed by atoms with Gasteiger partial charge in [-0.15, -0.1) is 0 Å². The van der Waals surface area contributed by atoms with Crippen LogP contribution in [0.5, 0.6) is 0 Å². The van der Waals surface area contributed by atoms with Crippen molar-refractivity contribution in [3.63, 3.8) is 0 Å². The Hall–Kier alpha value is -2.15. The molecule has 1 aromatic heterocycles. The van der Waals surface area contributed by atoms with Crippen molar-refractivity contribution >= 4 is 23.2 Å². The Morgan fingerprint density at radius 2 is 1.93 bits per heavy atom. The zero-order valence-corrected chi connectivity index (χ0v) is 15.7. The van der Waals surface area contributed by atoms with E-state index in [1.165, 1.54) is 0 Å². The Bertz CT molecular complexity index is 814. The van der Waals surface area contributed by atoms with Crippen molar-refractivity contribution < 1.29 is 14.3 Å². The van der Waals surface area contributed by atoms with Crippen LogP contribution in [0.1, 0.15) is 28.8 Å². The number of piperidine rings is 1. The summed E-state index contributed by atoms with van der Waals surface area (Å²) in [5.41, 5.74) is 2.36. The number of rotatable bonds is 4. The molecule has 0 radical (unpaired) electrons. The van der Waals surface area contributed by atoms with E-state index in [2.05, 4.69) is 10.3 Å². The van der Waals surface area contributed by atoms with Crippen LogP contribution in [0.25, 0.3) is 0 Å². The molecule has 0 saturated carbocycles. The van der Waals surface area contributed by atoms with Crippen LogP contribution in [0.2, 0.25) is 5.02 Å². The van der Waals surface area contributed by atoms with E-state index in [1.54, 1.807) is 12.4 Å². The molecule has 3 heterocycles. The molecule has 1 N–H and O–H groups in total. The normalized spacial score (nSPS) is 18.6. The van der Waals surface area contributed by atoms with Gasteiger partial charge in [-0.1, -0.05) is 29.8 Å². The largest absolute Gasteiger partial charge is 0.380 e. The number of carbonyl (C=O) groups is 1. The van der Waals surface area contributed by atoms with Crippen LogP contribution in [0.3, 0.4) is 0 Å². The van der Waals surface area contributed by atoms with Crippen LogP contribution in [0.15, 0.2) is 42.7 Å². The third-order valence-electron chi connectivity index (χ3n) is 5.05. The molecule has 142 valence electrons. The second kappa shape index (κ2) is 7.84. The van der Waals surface area contributed by atoms with Gasteiger partial charge in [0.05, 0.1) is 24.5 Å². The highest BCUT2D eigenvalue weighted by atomic mass is 35.5. The first-order valence-electron chi connectivity index (χ1n) is 9.15. The third-order valence-corrected chi connectivity index (χ3v) is 5.42. The van der Waals surface area contributed by atoms with Crippen LogP contribution in [0.4, 0.5) is 5.69 Å². The van der Waals surface area contributed by atoms with Crippen LogP contribution in [-0.4, -0.2) is 47.9 Å². The Kier molecular flexibility index (Phi) is 5.29. The molecule has 0 bridgehead atoms. The quantitative estimate of drug-likeness (QED) is 0.871. The monoisotopic (exact) mass is 387 g/mol.